The number of carbonyl (C=O) groups is 2. The topological polar surface area (TPSA) is 62.4 Å². The summed E-state index contributed by atoms with van der Waals surface area (Å²) in [6.45, 7) is 4.00. The predicted molar refractivity (Wildman–Crippen MR) is 81.3 cm³/mol. The van der Waals surface area contributed by atoms with Crippen LogP contribution in [0.2, 0.25) is 0 Å². The highest BCUT2D eigenvalue weighted by atomic mass is 16.5. The van der Waals surface area contributed by atoms with Crippen molar-refractivity contribution in [2.45, 2.75) is 13.8 Å². The molecule has 0 saturated carbocycles. The Morgan fingerprint density at radius 1 is 1.25 bits per heavy atom. The lowest BCUT2D eigenvalue weighted by molar-refractivity contribution is -0.124. The molecule has 0 radical (unpaired) electrons. The van der Waals surface area contributed by atoms with E-state index in [1.807, 2.05) is 13.8 Å². The van der Waals surface area contributed by atoms with Gasteiger partial charge < -0.3 is 14.6 Å². The standard InChI is InChI=1S/C13H14N2O3.C2H6.H2/c1-15(2)13(17)12(16)10-7-14-11-6-8(18-3)4-5-9(10)11;1-2;/h4-7,14H,1-3H3;1-2H3;1H. The van der Waals surface area contributed by atoms with E-state index in [1.54, 1.807) is 45.6 Å². The van der Waals surface area contributed by atoms with Crippen molar-refractivity contribution in [3.8, 4) is 5.75 Å². The maximum Gasteiger partial charge on any atom is 0.294 e. The van der Waals surface area contributed by atoms with E-state index in [1.165, 1.54) is 4.90 Å². The zero-order valence-corrected chi connectivity index (χ0v) is 12.5. The Hall–Kier alpha value is -2.30. The lowest BCUT2D eigenvalue weighted by Crippen LogP contribution is -2.29. The van der Waals surface area contributed by atoms with Crippen LogP contribution >= 0.6 is 0 Å². The lowest BCUT2D eigenvalue weighted by Gasteiger charge is -2.08. The number of ether oxygens (including phenoxy) is 1. The monoisotopic (exact) mass is 278 g/mol. The minimum absolute atomic E-state index is 0. The van der Waals surface area contributed by atoms with Crippen molar-refractivity contribution in [2.75, 3.05) is 21.2 Å². The number of Topliss-reactive ketones (excluding diaryl/α,β-unsaturated/α-hetero) is 1. The molecule has 1 amide bonds. The maximum atomic E-state index is 12.0. The molecule has 0 aliphatic heterocycles. The highest BCUT2D eigenvalue weighted by Crippen LogP contribution is 2.23. The number of amides is 1. The molecule has 0 spiro atoms. The number of fused-ring (bicyclic) bond motifs is 1. The smallest absolute Gasteiger partial charge is 0.294 e. The van der Waals surface area contributed by atoms with Crippen molar-refractivity contribution in [2.24, 2.45) is 0 Å². The van der Waals surface area contributed by atoms with E-state index in [4.69, 9.17) is 4.74 Å². The molecule has 1 N–H and O–H groups in total. The molecular weight excluding hydrogens is 256 g/mol. The SMILES string of the molecule is CC.COc1ccc2c(C(=O)C(=O)N(C)C)c[nH]c2c1.[HH]. The molecule has 20 heavy (non-hydrogen) atoms. The van der Waals surface area contributed by atoms with Crippen LogP contribution in [-0.4, -0.2) is 42.8 Å². The van der Waals surface area contributed by atoms with Gasteiger partial charge in [-0.2, -0.15) is 0 Å². The van der Waals surface area contributed by atoms with Gasteiger partial charge in [-0.1, -0.05) is 13.8 Å². The van der Waals surface area contributed by atoms with Crippen LogP contribution in [0, 0.1) is 0 Å². The number of nitrogens with one attached hydrogen (secondary N) is 1. The minimum atomic E-state index is -0.535. The van der Waals surface area contributed by atoms with E-state index >= 15 is 0 Å². The number of hydrogen-bond acceptors (Lipinski definition) is 3. The first-order chi connectivity index (χ1) is 9.54. The van der Waals surface area contributed by atoms with Gasteiger partial charge in [0, 0.05) is 38.7 Å². The summed E-state index contributed by atoms with van der Waals surface area (Å²) in [4.78, 5) is 27.9. The second-order valence-electron chi connectivity index (χ2n) is 4.14. The Balaban J connectivity index is 0.00000128. The summed E-state index contributed by atoms with van der Waals surface area (Å²) in [5.41, 5.74) is 1.15. The van der Waals surface area contributed by atoms with Crippen molar-refractivity contribution in [1.82, 2.24) is 9.88 Å². The van der Waals surface area contributed by atoms with Gasteiger partial charge in [-0.3, -0.25) is 9.59 Å². The first-order valence-corrected chi connectivity index (χ1v) is 6.45. The van der Waals surface area contributed by atoms with E-state index in [0.29, 0.717) is 11.3 Å². The van der Waals surface area contributed by atoms with E-state index in [9.17, 15) is 9.59 Å². The number of rotatable bonds is 3. The van der Waals surface area contributed by atoms with Crippen LogP contribution in [0.3, 0.4) is 0 Å². The summed E-state index contributed by atoms with van der Waals surface area (Å²) in [7, 11) is 4.68. The summed E-state index contributed by atoms with van der Waals surface area (Å²) >= 11 is 0. The molecule has 2 rings (SSSR count). The number of aromatic amines is 1. The van der Waals surface area contributed by atoms with Gasteiger partial charge in [-0.25, -0.2) is 0 Å². The Morgan fingerprint density at radius 2 is 1.90 bits per heavy atom. The van der Waals surface area contributed by atoms with Crippen molar-refractivity contribution in [1.29, 1.82) is 0 Å². The molecule has 0 aliphatic carbocycles. The summed E-state index contributed by atoms with van der Waals surface area (Å²) in [5, 5.41) is 0.719. The summed E-state index contributed by atoms with van der Waals surface area (Å²) < 4.78 is 5.10. The zero-order valence-electron chi connectivity index (χ0n) is 12.5. The summed E-state index contributed by atoms with van der Waals surface area (Å²) in [6.07, 6.45) is 1.55. The number of nitrogens with zero attached hydrogens (tertiary/aromatic N) is 1. The van der Waals surface area contributed by atoms with Crippen molar-refractivity contribution in [3.05, 3.63) is 30.0 Å². The number of H-pyrrole nitrogens is 1. The van der Waals surface area contributed by atoms with Gasteiger partial charge in [-0.15, -0.1) is 0 Å². The molecule has 0 aliphatic rings. The number of carbonyl (C=O) groups excluding carboxylic acids is 2. The van der Waals surface area contributed by atoms with Crippen LogP contribution in [0.4, 0.5) is 0 Å². The molecule has 0 saturated heterocycles. The van der Waals surface area contributed by atoms with Crippen molar-refractivity contribution >= 4 is 22.6 Å². The number of aromatic nitrogens is 1. The second-order valence-corrected chi connectivity index (χ2v) is 4.14. The number of likely N-dealkylation sites (N-methyl/N-ethyl adjacent to an activating group) is 1. The largest absolute Gasteiger partial charge is 0.497 e. The van der Waals surface area contributed by atoms with E-state index in [0.717, 1.165) is 10.9 Å². The van der Waals surface area contributed by atoms with E-state index < -0.39 is 11.7 Å². The van der Waals surface area contributed by atoms with E-state index in [-0.39, 0.29) is 1.43 Å². The average molecular weight is 278 g/mol. The number of methoxy groups -OCH3 is 1. The van der Waals surface area contributed by atoms with Crippen molar-refractivity contribution < 1.29 is 15.8 Å². The molecule has 0 unspecified atom stereocenters. The molecule has 1 heterocycles. The van der Waals surface area contributed by atoms with Gasteiger partial charge in [0.1, 0.15) is 5.75 Å². The molecule has 2 aromatic rings. The fourth-order valence-corrected chi connectivity index (χ4v) is 1.74. The molecule has 0 bridgehead atoms. The van der Waals surface area contributed by atoms with Crippen LogP contribution in [0.5, 0.6) is 5.75 Å². The first kappa shape index (κ1) is 15.8. The molecule has 5 nitrogen and oxygen atoms in total. The molecule has 1 aromatic heterocycles. The highest BCUT2D eigenvalue weighted by Gasteiger charge is 2.21. The molecule has 0 fully saturated rings. The fraction of sp³-hybridized carbons (Fsp3) is 0.333. The second kappa shape index (κ2) is 6.75. The van der Waals surface area contributed by atoms with Crippen LogP contribution in [0.25, 0.3) is 10.9 Å². The maximum absolute atomic E-state index is 12.0. The zero-order chi connectivity index (χ0) is 15.3. The van der Waals surface area contributed by atoms with Gasteiger partial charge in [0.15, 0.2) is 0 Å². The summed E-state index contributed by atoms with van der Waals surface area (Å²) in [5.74, 6) is -0.356. The molecule has 0 atom stereocenters. The lowest BCUT2D eigenvalue weighted by atomic mass is 10.1. The van der Waals surface area contributed by atoms with Gasteiger partial charge >= 0.3 is 0 Å². The van der Waals surface area contributed by atoms with Gasteiger partial charge in [0.25, 0.3) is 11.7 Å². The van der Waals surface area contributed by atoms with E-state index in [2.05, 4.69) is 4.98 Å². The third kappa shape index (κ3) is 2.99. The average Bonchev–Trinajstić information content (AvgIpc) is 2.90. The predicted octanol–water partition coefficient (Wildman–Crippen LogP) is 2.72. The number of hydrogen-bond donors (Lipinski definition) is 1. The van der Waals surface area contributed by atoms with Crippen LogP contribution in [0.15, 0.2) is 24.4 Å². The Bertz CT molecular complexity index is 620. The van der Waals surface area contributed by atoms with Crippen LogP contribution in [-0.2, 0) is 4.79 Å². The molecular formula is C15H22N2O3. The van der Waals surface area contributed by atoms with Crippen molar-refractivity contribution in [3.63, 3.8) is 0 Å². The Labute approximate surface area is 120 Å². The third-order valence-corrected chi connectivity index (χ3v) is 2.73. The number of ketones is 1. The fourth-order valence-electron chi connectivity index (χ4n) is 1.74. The molecule has 110 valence electrons. The van der Waals surface area contributed by atoms with Crippen LogP contribution < -0.4 is 4.74 Å². The summed E-state index contributed by atoms with van der Waals surface area (Å²) in [6, 6.07) is 5.31. The number of benzene rings is 1. The minimum Gasteiger partial charge on any atom is -0.497 e. The van der Waals surface area contributed by atoms with Gasteiger partial charge in [0.2, 0.25) is 0 Å². The van der Waals surface area contributed by atoms with Crippen LogP contribution in [0.1, 0.15) is 25.6 Å². The normalized spacial score (nSPS) is 9.65. The molecule has 5 heteroatoms. The Morgan fingerprint density at radius 3 is 2.45 bits per heavy atom. The quantitative estimate of drug-likeness (QED) is 0.693. The Kier molecular flexibility index (Phi) is 5.32. The first-order valence-electron chi connectivity index (χ1n) is 6.45. The molecule has 1 aromatic carbocycles. The third-order valence-electron chi connectivity index (χ3n) is 2.73. The van der Waals surface area contributed by atoms with Gasteiger partial charge in [-0.05, 0) is 12.1 Å². The highest BCUT2D eigenvalue weighted by molar-refractivity contribution is 6.44. The van der Waals surface area contributed by atoms with Gasteiger partial charge in [0.05, 0.1) is 12.7 Å².